The normalized spacial score (nSPS) is 22.1. The summed E-state index contributed by atoms with van der Waals surface area (Å²) in [5.41, 5.74) is 9.23. The summed E-state index contributed by atoms with van der Waals surface area (Å²) in [6, 6.07) is 9.46. The molecule has 2 unspecified atom stereocenters. The van der Waals surface area contributed by atoms with Gasteiger partial charge in [0.2, 0.25) is 15.9 Å². The maximum absolute atomic E-state index is 12.8. The van der Waals surface area contributed by atoms with Gasteiger partial charge in [-0.05, 0) is 62.9 Å². The maximum atomic E-state index is 12.8. The fourth-order valence-electron chi connectivity index (χ4n) is 4.38. The first-order valence-electron chi connectivity index (χ1n) is 11.0. The number of sulfonamides is 1. The van der Waals surface area contributed by atoms with Crippen LogP contribution in [0.1, 0.15) is 48.4 Å². The lowest BCUT2D eigenvalue weighted by molar-refractivity contribution is -0.117. The Labute approximate surface area is 189 Å². The zero-order valence-electron chi connectivity index (χ0n) is 18.4. The predicted octanol–water partition coefficient (Wildman–Crippen LogP) is 2.73. The van der Waals surface area contributed by atoms with Crippen LogP contribution in [0.25, 0.3) is 0 Å². The van der Waals surface area contributed by atoms with Crippen LogP contribution in [0.3, 0.4) is 0 Å². The van der Waals surface area contributed by atoms with Crippen molar-refractivity contribution in [3.8, 4) is 5.75 Å². The standard InChI is InChI=1S/C23H30N4O4S/c1-15-12-16(2)22(28)19(13-15)20-14-21(26-25-20)23(29)24-17-6-8-18(9-7-17)32(30,31)27-10-4-3-5-11-27/h6-9,12-13,20-21,25-26,28H,3-5,10-11,14H2,1-2H3,(H,24,29). The molecule has 0 bridgehead atoms. The number of phenolic OH excluding ortho intramolecular Hbond substituents is 1. The average Bonchev–Trinajstić information content (AvgIpc) is 3.27. The Kier molecular flexibility index (Phi) is 6.52. The van der Waals surface area contributed by atoms with Crippen LogP contribution in [-0.2, 0) is 14.8 Å². The first kappa shape index (κ1) is 22.7. The van der Waals surface area contributed by atoms with Gasteiger partial charge in [-0.25, -0.2) is 19.3 Å². The van der Waals surface area contributed by atoms with Crippen LogP contribution in [-0.4, -0.2) is 42.9 Å². The molecule has 2 aliphatic heterocycles. The highest BCUT2D eigenvalue weighted by atomic mass is 32.2. The minimum Gasteiger partial charge on any atom is -0.507 e. The predicted molar refractivity (Wildman–Crippen MR) is 123 cm³/mol. The van der Waals surface area contributed by atoms with E-state index in [0.717, 1.165) is 36.0 Å². The van der Waals surface area contributed by atoms with Crippen LogP contribution in [0.5, 0.6) is 5.75 Å². The molecule has 1 amide bonds. The van der Waals surface area contributed by atoms with E-state index in [4.69, 9.17) is 0 Å². The molecular formula is C23H30N4O4S. The lowest BCUT2D eigenvalue weighted by atomic mass is 9.96. The third-order valence-electron chi connectivity index (χ3n) is 6.14. The molecule has 9 heteroatoms. The van der Waals surface area contributed by atoms with Gasteiger partial charge in [0.15, 0.2) is 0 Å². The van der Waals surface area contributed by atoms with Crippen LogP contribution >= 0.6 is 0 Å². The van der Waals surface area contributed by atoms with Gasteiger partial charge >= 0.3 is 0 Å². The molecule has 32 heavy (non-hydrogen) atoms. The molecule has 2 heterocycles. The van der Waals surface area contributed by atoms with Crippen molar-refractivity contribution >= 4 is 21.6 Å². The second-order valence-corrected chi connectivity index (χ2v) is 10.6. The molecular weight excluding hydrogens is 428 g/mol. The van der Waals surface area contributed by atoms with Gasteiger partial charge in [-0.15, -0.1) is 0 Å². The Morgan fingerprint density at radius 3 is 2.44 bits per heavy atom. The molecule has 172 valence electrons. The summed E-state index contributed by atoms with van der Waals surface area (Å²) in [6.07, 6.45) is 3.31. The lowest BCUT2D eigenvalue weighted by Crippen LogP contribution is -2.39. The minimum absolute atomic E-state index is 0.193. The van der Waals surface area contributed by atoms with Crippen molar-refractivity contribution in [1.82, 2.24) is 15.2 Å². The number of carbonyl (C=O) groups is 1. The largest absolute Gasteiger partial charge is 0.507 e. The van der Waals surface area contributed by atoms with Crippen molar-refractivity contribution in [2.75, 3.05) is 18.4 Å². The molecule has 2 fully saturated rings. The Balaban J connectivity index is 1.39. The summed E-state index contributed by atoms with van der Waals surface area (Å²) < 4.78 is 27.1. The van der Waals surface area contributed by atoms with Gasteiger partial charge in [0, 0.05) is 24.3 Å². The third-order valence-corrected chi connectivity index (χ3v) is 8.06. The van der Waals surface area contributed by atoms with Gasteiger partial charge in [-0.2, -0.15) is 4.31 Å². The van der Waals surface area contributed by atoms with E-state index >= 15 is 0 Å². The highest BCUT2D eigenvalue weighted by molar-refractivity contribution is 7.89. The summed E-state index contributed by atoms with van der Waals surface area (Å²) in [5, 5.41) is 13.2. The molecule has 2 atom stereocenters. The van der Waals surface area contributed by atoms with Crippen molar-refractivity contribution in [3.63, 3.8) is 0 Å². The van der Waals surface area contributed by atoms with E-state index in [-0.39, 0.29) is 22.6 Å². The molecule has 8 nitrogen and oxygen atoms in total. The number of nitrogens with zero attached hydrogens (tertiary/aromatic N) is 1. The molecule has 0 saturated carbocycles. The second kappa shape index (κ2) is 9.19. The van der Waals surface area contributed by atoms with E-state index in [2.05, 4.69) is 16.2 Å². The van der Waals surface area contributed by atoms with Crippen LogP contribution in [0.15, 0.2) is 41.3 Å². The van der Waals surface area contributed by atoms with Crippen LogP contribution in [0, 0.1) is 13.8 Å². The van der Waals surface area contributed by atoms with Gasteiger partial charge in [-0.1, -0.05) is 24.1 Å². The van der Waals surface area contributed by atoms with Crippen molar-refractivity contribution in [2.24, 2.45) is 0 Å². The number of nitrogens with one attached hydrogen (secondary N) is 3. The number of aryl methyl sites for hydroxylation is 2. The monoisotopic (exact) mass is 458 g/mol. The van der Waals surface area contributed by atoms with E-state index in [0.29, 0.717) is 25.2 Å². The quantitative estimate of drug-likeness (QED) is 0.548. The molecule has 0 aromatic heterocycles. The second-order valence-electron chi connectivity index (χ2n) is 8.63. The number of anilines is 1. The highest BCUT2D eigenvalue weighted by Crippen LogP contribution is 2.33. The summed E-state index contributed by atoms with van der Waals surface area (Å²) in [5.74, 6) is 0.0111. The minimum atomic E-state index is -3.50. The van der Waals surface area contributed by atoms with Crippen molar-refractivity contribution in [1.29, 1.82) is 0 Å². The maximum Gasteiger partial charge on any atom is 0.243 e. The summed E-state index contributed by atoms with van der Waals surface area (Å²) in [4.78, 5) is 13.0. The fourth-order valence-corrected chi connectivity index (χ4v) is 5.90. The van der Waals surface area contributed by atoms with E-state index in [1.165, 1.54) is 16.4 Å². The van der Waals surface area contributed by atoms with Crippen LogP contribution in [0.4, 0.5) is 5.69 Å². The number of amides is 1. The molecule has 4 N–H and O–H groups in total. The molecule has 2 aromatic rings. The summed E-state index contributed by atoms with van der Waals surface area (Å²) in [6.45, 7) is 4.93. The van der Waals surface area contributed by atoms with Crippen molar-refractivity contribution < 1.29 is 18.3 Å². The van der Waals surface area contributed by atoms with Crippen molar-refractivity contribution in [3.05, 3.63) is 53.1 Å². The topological polar surface area (TPSA) is 111 Å². The van der Waals surface area contributed by atoms with E-state index in [1.807, 2.05) is 26.0 Å². The summed E-state index contributed by atoms with van der Waals surface area (Å²) >= 11 is 0. The van der Waals surface area contributed by atoms with Gasteiger partial charge in [-0.3, -0.25) is 4.79 Å². The number of hydrogen-bond acceptors (Lipinski definition) is 6. The first-order chi connectivity index (χ1) is 15.3. The number of rotatable bonds is 5. The fraction of sp³-hybridized carbons (Fsp3) is 0.435. The first-order valence-corrected chi connectivity index (χ1v) is 12.4. The van der Waals surface area contributed by atoms with Crippen LogP contribution in [0.2, 0.25) is 0 Å². The Bertz CT molecular complexity index is 1100. The number of phenols is 1. The van der Waals surface area contributed by atoms with Crippen molar-refractivity contribution in [2.45, 2.75) is 56.5 Å². The zero-order chi connectivity index (χ0) is 22.9. The smallest absolute Gasteiger partial charge is 0.243 e. The van der Waals surface area contributed by atoms with Gasteiger partial charge in [0.05, 0.1) is 10.9 Å². The average molecular weight is 459 g/mol. The number of benzene rings is 2. The molecule has 0 aliphatic carbocycles. The van der Waals surface area contributed by atoms with Crippen LogP contribution < -0.4 is 16.2 Å². The van der Waals surface area contributed by atoms with E-state index < -0.39 is 16.1 Å². The molecule has 2 saturated heterocycles. The van der Waals surface area contributed by atoms with E-state index in [9.17, 15) is 18.3 Å². The summed E-state index contributed by atoms with van der Waals surface area (Å²) in [7, 11) is -3.50. The Hall–Kier alpha value is -2.46. The number of aromatic hydroxyl groups is 1. The van der Waals surface area contributed by atoms with Gasteiger partial charge in [0.1, 0.15) is 11.8 Å². The molecule has 0 spiro atoms. The molecule has 2 aliphatic rings. The molecule has 2 aromatic carbocycles. The Morgan fingerprint density at radius 2 is 1.75 bits per heavy atom. The highest BCUT2D eigenvalue weighted by Gasteiger charge is 2.32. The molecule has 0 radical (unpaired) electrons. The van der Waals surface area contributed by atoms with Gasteiger partial charge < -0.3 is 10.4 Å². The SMILES string of the molecule is Cc1cc(C)c(O)c(C2CC(C(=O)Nc3ccc(S(=O)(=O)N4CCCCC4)cc3)NN2)c1. The molecule has 4 rings (SSSR count). The number of carbonyl (C=O) groups excluding carboxylic acids is 1. The number of hydrazine groups is 1. The van der Waals surface area contributed by atoms with Gasteiger partial charge in [0.25, 0.3) is 0 Å². The third kappa shape index (κ3) is 4.66. The number of piperidine rings is 1. The number of hydrogen-bond donors (Lipinski definition) is 4. The zero-order valence-corrected chi connectivity index (χ0v) is 19.2. The Morgan fingerprint density at radius 1 is 1.06 bits per heavy atom. The van der Waals surface area contributed by atoms with E-state index in [1.54, 1.807) is 12.1 Å². The lowest BCUT2D eigenvalue weighted by Gasteiger charge is -2.25.